The van der Waals surface area contributed by atoms with Crippen LogP contribution in [-0.4, -0.2) is 17.8 Å². The molecule has 0 fully saturated rings. The number of rotatable bonds is 15. The molecule has 0 saturated heterocycles. The highest BCUT2D eigenvalue weighted by molar-refractivity contribution is 7.45. The number of nitrogens with zero attached hydrogens (tertiary/aromatic N) is 1. The van der Waals surface area contributed by atoms with Gasteiger partial charge in [-0.15, -0.1) is 0 Å². The fourth-order valence-corrected chi connectivity index (χ4v) is 8.38. The Morgan fingerprint density at radius 1 is 0.490 bits per heavy atom. The predicted molar refractivity (Wildman–Crippen MR) is 217 cm³/mol. The first-order chi connectivity index (χ1) is 22.8. The van der Waals surface area contributed by atoms with Gasteiger partial charge in [0, 0.05) is 30.6 Å². The van der Waals surface area contributed by atoms with Gasteiger partial charge in [-0.3, -0.25) is 0 Å². The van der Waals surface area contributed by atoms with Crippen molar-refractivity contribution >= 4 is 8.53 Å². The van der Waals surface area contributed by atoms with Crippen LogP contribution in [0.15, 0.2) is 24.3 Å². The van der Waals surface area contributed by atoms with E-state index in [2.05, 4.69) is 126 Å². The summed E-state index contributed by atoms with van der Waals surface area (Å²) < 4.78 is 17.4. The van der Waals surface area contributed by atoms with E-state index in [1.54, 1.807) is 0 Å². The van der Waals surface area contributed by atoms with Gasteiger partial charge in [-0.25, -0.2) is 4.67 Å². The second-order valence-electron chi connectivity index (χ2n) is 19.1. The van der Waals surface area contributed by atoms with Crippen LogP contribution in [0.4, 0.5) is 0 Å². The molecule has 0 aromatic heterocycles. The van der Waals surface area contributed by atoms with E-state index in [1.807, 2.05) is 0 Å². The van der Waals surface area contributed by atoms with Crippen LogP contribution in [0, 0.1) is 0 Å². The normalized spacial score (nSPS) is 14.6. The predicted octanol–water partition coefficient (Wildman–Crippen LogP) is 14.5. The molecule has 2 aromatic carbocycles. The molecule has 0 radical (unpaired) electrons. The van der Waals surface area contributed by atoms with Gasteiger partial charge in [0.25, 0.3) is 0 Å². The lowest BCUT2D eigenvalue weighted by molar-refractivity contribution is 0.327. The van der Waals surface area contributed by atoms with E-state index in [0.717, 1.165) is 31.0 Å². The van der Waals surface area contributed by atoms with Crippen LogP contribution in [0.5, 0.6) is 11.5 Å². The third kappa shape index (κ3) is 12.3. The zero-order valence-electron chi connectivity index (χ0n) is 34.6. The van der Waals surface area contributed by atoms with E-state index in [4.69, 9.17) is 9.05 Å². The van der Waals surface area contributed by atoms with Gasteiger partial charge >= 0.3 is 8.53 Å². The highest BCUT2D eigenvalue weighted by Crippen LogP contribution is 2.54. The third-order valence-corrected chi connectivity index (χ3v) is 11.7. The van der Waals surface area contributed by atoms with Crippen molar-refractivity contribution in [1.29, 1.82) is 0 Å². The second-order valence-corrected chi connectivity index (χ2v) is 20.5. The fraction of sp³-hybridized carbons (Fsp3) is 0.733. The van der Waals surface area contributed by atoms with Crippen LogP contribution in [0.2, 0.25) is 0 Å². The Balaban J connectivity index is 2.23. The summed E-state index contributed by atoms with van der Waals surface area (Å²) in [6, 6.07) is 9.79. The van der Waals surface area contributed by atoms with Crippen molar-refractivity contribution in [2.75, 3.05) is 13.1 Å². The van der Waals surface area contributed by atoms with Gasteiger partial charge in [-0.05, 0) is 56.8 Å². The smallest absolute Gasteiger partial charge is 0.384 e. The van der Waals surface area contributed by atoms with Crippen molar-refractivity contribution in [3.8, 4) is 11.5 Å². The Morgan fingerprint density at radius 3 is 1.16 bits per heavy atom. The van der Waals surface area contributed by atoms with E-state index in [9.17, 15) is 0 Å². The van der Waals surface area contributed by atoms with Gasteiger partial charge in [-0.2, -0.15) is 0 Å². The number of fused-ring (bicyclic) bond motifs is 2. The summed E-state index contributed by atoms with van der Waals surface area (Å²) >= 11 is 0. The SMILES string of the molecule is CCCCCCCCN(CCCCCCCC)P1Oc2c(cc(C(C)(C)C)cc2C(C)(C)C)Cc2cc(C(C)(C)C)cc(C(C)(C)C)c2O1. The number of hydrogen-bond donors (Lipinski definition) is 0. The van der Waals surface area contributed by atoms with Crippen molar-refractivity contribution in [2.45, 2.75) is 202 Å². The number of unbranched alkanes of at least 4 members (excludes halogenated alkanes) is 10. The van der Waals surface area contributed by atoms with E-state index in [0.29, 0.717) is 0 Å². The first-order valence-corrected chi connectivity index (χ1v) is 21.2. The molecular weight excluding hydrogens is 617 g/mol. The molecular formula is C45H76NO2P. The first kappa shape index (κ1) is 41.8. The van der Waals surface area contributed by atoms with Crippen molar-refractivity contribution in [1.82, 2.24) is 4.67 Å². The lowest BCUT2D eigenvalue weighted by Gasteiger charge is -2.37. The zero-order valence-corrected chi connectivity index (χ0v) is 35.5. The van der Waals surface area contributed by atoms with Gasteiger partial charge in [0.2, 0.25) is 0 Å². The zero-order chi connectivity index (χ0) is 36.6. The maximum atomic E-state index is 7.41. The molecule has 0 unspecified atom stereocenters. The lowest BCUT2D eigenvalue weighted by Crippen LogP contribution is -2.28. The van der Waals surface area contributed by atoms with Crippen LogP contribution >= 0.6 is 8.53 Å². The summed E-state index contributed by atoms with van der Waals surface area (Å²) in [7, 11) is -1.38. The Hall–Kier alpha value is -1.57. The van der Waals surface area contributed by atoms with E-state index in [1.165, 1.54) is 110 Å². The van der Waals surface area contributed by atoms with Crippen molar-refractivity contribution < 1.29 is 9.05 Å². The van der Waals surface area contributed by atoms with E-state index in [-0.39, 0.29) is 21.7 Å². The van der Waals surface area contributed by atoms with Crippen LogP contribution in [0.25, 0.3) is 0 Å². The molecule has 0 bridgehead atoms. The number of benzene rings is 2. The summed E-state index contributed by atoms with van der Waals surface area (Å²) in [5.74, 6) is 2.12. The molecule has 0 amide bonds. The molecule has 1 aliphatic heterocycles. The highest BCUT2D eigenvalue weighted by atomic mass is 31.2. The van der Waals surface area contributed by atoms with E-state index >= 15 is 0 Å². The van der Waals surface area contributed by atoms with Gasteiger partial charge < -0.3 is 9.05 Å². The minimum absolute atomic E-state index is 0.0346. The molecule has 278 valence electrons. The summed E-state index contributed by atoms with van der Waals surface area (Å²) in [5.41, 5.74) is 7.91. The summed E-state index contributed by atoms with van der Waals surface area (Å²) in [6.45, 7) is 34.7. The molecule has 0 atom stereocenters. The molecule has 0 saturated carbocycles. The van der Waals surface area contributed by atoms with Gasteiger partial charge in [0.15, 0.2) is 0 Å². The average Bonchev–Trinajstić information content (AvgIpc) is 2.97. The minimum atomic E-state index is -1.38. The van der Waals surface area contributed by atoms with Gasteiger partial charge in [-0.1, -0.05) is 185 Å². The van der Waals surface area contributed by atoms with Crippen molar-refractivity contribution in [3.63, 3.8) is 0 Å². The Kier molecular flexibility index (Phi) is 15.2. The summed E-state index contributed by atoms with van der Waals surface area (Å²) in [6.07, 6.45) is 16.3. The topological polar surface area (TPSA) is 21.7 Å². The third-order valence-electron chi connectivity index (χ3n) is 10.2. The summed E-state index contributed by atoms with van der Waals surface area (Å²) in [5, 5.41) is 0. The first-order valence-electron chi connectivity index (χ1n) is 20.0. The summed E-state index contributed by atoms with van der Waals surface area (Å²) in [4.78, 5) is 0. The minimum Gasteiger partial charge on any atom is -0.426 e. The monoisotopic (exact) mass is 694 g/mol. The van der Waals surface area contributed by atoms with Crippen molar-refractivity contribution in [3.05, 3.63) is 57.6 Å². The highest BCUT2D eigenvalue weighted by Gasteiger charge is 2.36. The molecule has 0 aliphatic carbocycles. The molecule has 3 nitrogen and oxygen atoms in total. The standard InChI is InChI=1S/C45H76NO2P/c1-15-17-19-21-23-25-27-46(28-26-24-22-20-18-16-2)49-47-40-34(30-36(42(3,4)5)32-38(40)44(9,10)11)29-35-31-37(43(6,7)8)33-39(41(35)48-49)45(12,13)14/h30-33H,15-29H2,1-14H3. The van der Waals surface area contributed by atoms with Gasteiger partial charge in [0.1, 0.15) is 11.5 Å². The largest absolute Gasteiger partial charge is 0.426 e. The fourth-order valence-electron chi connectivity index (χ4n) is 6.76. The molecule has 49 heavy (non-hydrogen) atoms. The molecule has 0 spiro atoms. The Morgan fingerprint density at radius 2 is 0.837 bits per heavy atom. The lowest BCUT2D eigenvalue weighted by atomic mass is 9.76. The number of hydrogen-bond acceptors (Lipinski definition) is 3. The van der Waals surface area contributed by atoms with Crippen LogP contribution < -0.4 is 9.05 Å². The van der Waals surface area contributed by atoms with Crippen LogP contribution in [0.1, 0.15) is 207 Å². The maximum Gasteiger partial charge on any atom is 0.384 e. The second kappa shape index (κ2) is 17.8. The molecule has 4 heteroatoms. The maximum absolute atomic E-state index is 7.41. The Labute approximate surface area is 305 Å². The van der Waals surface area contributed by atoms with Crippen LogP contribution in [-0.2, 0) is 28.1 Å². The average molecular weight is 694 g/mol. The Bertz CT molecular complexity index is 1220. The molecule has 3 rings (SSSR count). The molecule has 1 heterocycles. The quantitative estimate of drug-likeness (QED) is 0.137. The molecule has 2 aromatic rings. The van der Waals surface area contributed by atoms with Crippen LogP contribution in [0.3, 0.4) is 0 Å². The van der Waals surface area contributed by atoms with Crippen molar-refractivity contribution in [2.24, 2.45) is 0 Å². The van der Waals surface area contributed by atoms with E-state index < -0.39 is 8.53 Å². The molecule has 1 aliphatic rings. The van der Waals surface area contributed by atoms with Gasteiger partial charge in [0.05, 0.1) is 0 Å². The molecule has 0 N–H and O–H groups in total.